The van der Waals surface area contributed by atoms with Crippen LogP contribution in [0, 0.1) is 10.1 Å². The second kappa shape index (κ2) is 8.03. The molecule has 29 heavy (non-hydrogen) atoms. The van der Waals surface area contributed by atoms with E-state index in [4.69, 9.17) is 4.74 Å². The maximum Gasteiger partial charge on any atom is 0.329 e. The quantitative estimate of drug-likeness (QED) is 0.336. The van der Waals surface area contributed by atoms with E-state index < -0.39 is 4.92 Å². The van der Waals surface area contributed by atoms with Gasteiger partial charge in [0.05, 0.1) is 17.6 Å². The third kappa shape index (κ3) is 3.99. The predicted octanol–water partition coefficient (Wildman–Crippen LogP) is 3.40. The maximum absolute atomic E-state index is 11.3. The number of nitrogens with one attached hydrogen (secondary N) is 1. The van der Waals surface area contributed by atoms with E-state index in [0.717, 1.165) is 18.4 Å². The molecular formula is C18H19N7O3S. The molecule has 0 amide bonds. The topological polar surface area (TPSA) is 121 Å². The Morgan fingerprint density at radius 2 is 2.14 bits per heavy atom. The minimum atomic E-state index is -0.479. The van der Waals surface area contributed by atoms with E-state index in [2.05, 4.69) is 25.5 Å². The zero-order valence-electron chi connectivity index (χ0n) is 15.9. The highest BCUT2D eigenvalue weighted by molar-refractivity contribution is 7.99. The Hall–Kier alpha value is -3.21. The van der Waals surface area contributed by atoms with Gasteiger partial charge in [-0.25, -0.2) is 4.98 Å². The first kappa shape index (κ1) is 19.1. The summed E-state index contributed by atoms with van der Waals surface area (Å²) in [5, 5.41) is 23.9. The van der Waals surface area contributed by atoms with E-state index in [1.165, 1.54) is 18.0 Å². The fourth-order valence-corrected chi connectivity index (χ4v) is 3.64. The molecule has 1 saturated carbocycles. The van der Waals surface area contributed by atoms with Crippen molar-refractivity contribution in [2.45, 2.75) is 42.7 Å². The molecule has 1 N–H and O–H groups in total. The van der Waals surface area contributed by atoms with Gasteiger partial charge in [-0.2, -0.15) is 4.98 Å². The molecule has 0 saturated heterocycles. The molecule has 1 aliphatic carbocycles. The smallest absolute Gasteiger partial charge is 0.329 e. The SMILES string of the molecule is CCn1c(Sc2ncc([N+](=O)[O-])c(NC3CC3)n2)nnc1-c1ccccc1OC. The minimum Gasteiger partial charge on any atom is -0.496 e. The van der Waals surface area contributed by atoms with Gasteiger partial charge in [-0.3, -0.25) is 10.1 Å². The van der Waals surface area contributed by atoms with Gasteiger partial charge >= 0.3 is 5.69 Å². The zero-order valence-corrected chi connectivity index (χ0v) is 16.7. The third-order valence-corrected chi connectivity index (χ3v) is 5.29. The van der Waals surface area contributed by atoms with Crippen LogP contribution in [0.5, 0.6) is 5.75 Å². The summed E-state index contributed by atoms with van der Waals surface area (Å²) in [4.78, 5) is 19.3. The number of aromatic nitrogens is 5. The Balaban J connectivity index is 1.66. The van der Waals surface area contributed by atoms with Crippen LogP contribution in [-0.2, 0) is 6.54 Å². The molecule has 0 spiro atoms. The number of hydrogen-bond donors (Lipinski definition) is 1. The summed E-state index contributed by atoms with van der Waals surface area (Å²) in [7, 11) is 1.61. The molecule has 1 aliphatic rings. The molecule has 0 bridgehead atoms. The Kier molecular flexibility index (Phi) is 5.30. The largest absolute Gasteiger partial charge is 0.496 e. The van der Waals surface area contributed by atoms with Crippen LogP contribution in [-0.4, -0.2) is 42.8 Å². The van der Waals surface area contributed by atoms with Crippen LogP contribution in [0.1, 0.15) is 19.8 Å². The van der Waals surface area contributed by atoms with E-state index in [1.807, 2.05) is 35.8 Å². The summed E-state index contributed by atoms with van der Waals surface area (Å²) >= 11 is 1.21. The third-order valence-electron chi connectivity index (χ3n) is 4.43. The fourth-order valence-electron chi connectivity index (χ4n) is 2.83. The van der Waals surface area contributed by atoms with E-state index in [0.29, 0.717) is 28.4 Å². The van der Waals surface area contributed by atoms with Crippen molar-refractivity contribution in [1.82, 2.24) is 24.7 Å². The van der Waals surface area contributed by atoms with Gasteiger partial charge in [0.2, 0.25) is 5.82 Å². The van der Waals surface area contributed by atoms with Gasteiger partial charge in [-0.05, 0) is 43.7 Å². The predicted molar refractivity (Wildman–Crippen MR) is 107 cm³/mol. The van der Waals surface area contributed by atoms with Crippen LogP contribution in [0.15, 0.2) is 40.8 Å². The highest BCUT2D eigenvalue weighted by Crippen LogP contribution is 2.34. The molecule has 1 fully saturated rings. The van der Waals surface area contributed by atoms with Crippen molar-refractivity contribution in [1.29, 1.82) is 0 Å². The first-order valence-corrected chi connectivity index (χ1v) is 9.94. The van der Waals surface area contributed by atoms with Crippen molar-refractivity contribution in [3.8, 4) is 17.1 Å². The molecule has 1 aromatic carbocycles. The summed E-state index contributed by atoms with van der Waals surface area (Å²) in [6.45, 7) is 2.62. The average molecular weight is 413 g/mol. The van der Waals surface area contributed by atoms with Crippen molar-refractivity contribution in [2.24, 2.45) is 0 Å². The second-order valence-corrected chi connectivity index (χ2v) is 7.35. The second-order valence-electron chi connectivity index (χ2n) is 6.41. The van der Waals surface area contributed by atoms with Gasteiger partial charge in [-0.15, -0.1) is 10.2 Å². The Morgan fingerprint density at radius 1 is 1.34 bits per heavy atom. The van der Waals surface area contributed by atoms with Crippen molar-refractivity contribution in [3.63, 3.8) is 0 Å². The maximum atomic E-state index is 11.3. The summed E-state index contributed by atoms with van der Waals surface area (Å²) in [6, 6.07) is 7.83. The Labute approximate surface area is 170 Å². The number of nitro groups is 1. The molecule has 150 valence electrons. The van der Waals surface area contributed by atoms with Crippen LogP contribution in [0.4, 0.5) is 11.5 Å². The lowest BCUT2D eigenvalue weighted by molar-refractivity contribution is -0.384. The van der Waals surface area contributed by atoms with E-state index >= 15 is 0 Å². The van der Waals surface area contributed by atoms with Gasteiger partial charge in [0.25, 0.3) is 0 Å². The molecular weight excluding hydrogens is 394 g/mol. The number of nitrogens with zero attached hydrogens (tertiary/aromatic N) is 6. The summed E-state index contributed by atoms with van der Waals surface area (Å²) in [6.07, 6.45) is 3.19. The molecule has 3 aromatic rings. The highest BCUT2D eigenvalue weighted by atomic mass is 32.2. The number of anilines is 1. The Bertz CT molecular complexity index is 1050. The van der Waals surface area contributed by atoms with Gasteiger partial charge in [0.1, 0.15) is 11.9 Å². The summed E-state index contributed by atoms with van der Waals surface area (Å²) in [5.74, 6) is 1.61. The lowest BCUT2D eigenvalue weighted by Crippen LogP contribution is -2.08. The summed E-state index contributed by atoms with van der Waals surface area (Å²) in [5.41, 5.74) is 0.699. The number of benzene rings is 1. The molecule has 0 unspecified atom stereocenters. The first-order chi connectivity index (χ1) is 14.1. The molecule has 0 radical (unpaired) electrons. The monoisotopic (exact) mass is 413 g/mol. The van der Waals surface area contributed by atoms with Gasteiger partial charge < -0.3 is 14.6 Å². The number of methoxy groups -OCH3 is 1. The highest BCUT2D eigenvalue weighted by Gasteiger charge is 2.27. The molecule has 4 rings (SSSR count). The average Bonchev–Trinajstić information content (AvgIpc) is 3.45. The standard InChI is InChI=1S/C18H19N7O3S/c1-3-24-16(12-6-4-5-7-14(12)28-2)22-23-18(24)29-17-19-10-13(25(26)27)15(21-17)20-11-8-9-11/h4-7,10-11H,3,8-9H2,1-2H3,(H,19,20,21). The van der Waals surface area contributed by atoms with Gasteiger partial charge in [0, 0.05) is 12.6 Å². The van der Waals surface area contributed by atoms with E-state index in [1.54, 1.807) is 7.11 Å². The normalized spacial score (nSPS) is 13.3. The summed E-state index contributed by atoms with van der Waals surface area (Å²) < 4.78 is 7.37. The first-order valence-electron chi connectivity index (χ1n) is 9.13. The van der Waals surface area contributed by atoms with Gasteiger partial charge in [-0.1, -0.05) is 12.1 Å². The molecule has 2 heterocycles. The number of hydrogen-bond acceptors (Lipinski definition) is 9. The van der Waals surface area contributed by atoms with E-state index in [9.17, 15) is 10.1 Å². The molecule has 10 nitrogen and oxygen atoms in total. The van der Waals surface area contributed by atoms with Crippen LogP contribution in [0.2, 0.25) is 0 Å². The molecule has 0 atom stereocenters. The van der Waals surface area contributed by atoms with Crippen molar-refractivity contribution < 1.29 is 9.66 Å². The van der Waals surface area contributed by atoms with Crippen LogP contribution < -0.4 is 10.1 Å². The minimum absolute atomic E-state index is 0.132. The van der Waals surface area contributed by atoms with Crippen LogP contribution in [0.25, 0.3) is 11.4 Å². The molecule has 0 aliphatic heterocycles. The number of rotatable bonds is 8. The molecule has 11 heteroatoms. The number of ether oxygens (including phenoxy) is 1. The fraction of sp³-hybridized carbons (Fsp3) is 0.333. The van der Waals surface area contributed by atoms with Crippen LogP contribution >= 0.6 is 11.8 Å². The van der Waals surface area contributed by atoms with Crippen molar-refractivity contribution >= 4 is 23.3 Å². The molecule has 2 aromatic heterocycles. The van der Waals surface area contributed by atoms with Crippen molar-refractivity contribution in [3.05, 3.63) is 40.6 Å². The van der Waals surface area contributed by atoms with Crippen LogP contribution in [0.3, 0.4) is 0 Å². The van der Waals surface area contributed by atoms with E-state index in [-0.39, 0.29) is 17.5 Å². The lowest BCUT2D eigenvalue weighted by atomic mass is 10.2. The van der Waals surface area contributed by atoms with Gasteiger partial charge in [0.15, 0.2) is 16.1 Å². The zero-order chi connectivity index (χ0) is 20.4. The lowest BCUT2D eigenvalue weighted by Gasteiger charge is -2.10. The Morgan fingerprint density at radius 3 is 2.83 bits per heavy atom. The number of para-hydroxylation sites is 1. The van der Waals surface area contributed by atoms with Crippen molar-refractivity contribution in [2.75, 3.05) is 12.4 Å².